The maximum absolute atomic E-state index is 11.1. The maximum Gasteiger partial charge on any atom is 0.318 e. The zero-order valence-electron chi connectivity index (χ0n) is 63.8. The Morgan fingerprint density at radius 3 is 0.795 bits per heavy atom. The fourth-order valence-corrected chi connectivity index (χ4v) is 12.8. The van der Waals surface area contributed by atoms with Crippen molar-refractivity contribution in [1.29, 1.82) is 1.28 Å². The molecule has 10 aromatic rings. The predicted molar refractivity (Wildman–Crippen MR) is 456 cm³/mol. The molecule has 24 N–H and O–H groups in total. The Morgan fingerprint density at radius 2 is 0.536 bits per heavy atom. The van der Waals surface area contributed by atoms with Gasteiger partial charge in [0.25, 0.3) is 0 Å². The lowest BCUT2D eigenvalue weighted by Crippen LogP contribution is -2.69. The number of fused-ring (bicyclic) bond motifs is 2. The average molecular weight is 1560 g/mol. The predicted octanol–water partition coefficient (Wildman–Crippen LogP) is 15.5. The lowest BCUT2D eigenvalue weighted by molar-refractivity contribution is -0.227. The second kappa shape index (κ2) is 44.8. The average Bonchev–Trinajstić information content (AvgIpc) is 0.698. The number of benzene rings is 10. The summed E-state index contributed by atoms with van der Waals surface area (Å²) < 4.78 is 43.3. The minimum absolute atomic E-state index is 0.250. The van der Waals surface area contributed by atoms with E-state index in [4.69, 9.17) is 93.8 Å². The zero-order valence-corrected chi connectivity index (χ0v) is 65.0. The van der Waals surface area contributed by atoms with Crippen LogP contribution in [0.15, 0.2) is 243 Å². The molecule has 2 atom stereocenters. The number of rotatable bonds is 18. The van der Waals surface area contributed by atoms with Crippen molar-refractivity contribution in [1.82, 2.24) is 0 Å². The van der Waals surface area contributed by atoms with E-state index in [1.807, 2.05) is 170 Å². The van der Waals surface area contributed by atoms with E-state index in [1.54, 1.807) is 72.8 Å². The van der Waals surface area contributed by atoms with E-state index in [-0.39, 0.29) is 8.87 Å². The molecule has 6 aliphatic rings. The van der Waals surface area contributed by atoms with Gasteiger partial charge in [0.1, 0.15) is 46.0 Å². The van der Waals surface area contributed by atoms with E-state index < -0.39 is 47.5 Å². The number of unbranched alkanes of at least 4 members (excludes halogenated alkanes) is 2. The molecule has 3 aliphatic heterocycles. The second-order valence-electron chi connectivity index (χ2n) is 27.7. The summed E-state index contributed by atoms with van der Waals surface area (Å²) in [4.78, 5) is 44.6. The molecule has 25 heteroatoms. The summed E-state index contributed by atoms with van der Waals surface area (Å²) in [5, 5.41) is 0. The first-order chi connectivity index (χ1) is 54.4. The Kier molecular flexibility index (Phi) is 33.7. The third kappa shape index (κ3) is 29.3. The minimum Gasteiger partial charge on any atom is -0.494 e. The molecule has 590 valence electrons. The fraction of sp³-hybridized carbons (Fsp3) is 0.264. The molecule has 0 radical (unpaired) electrons. The van der Waals surface area contributed by atoms with Gasteiger partial charge in [-0.25, -0.2) is 0 Å². The van der Waals surface area contributed by atoms with E-state index >= 15 is 0 Å². The summed E-state index contributed by atoms with van der Waals surface area (Å²) in [6.07, 6.45) is 16.0. The number of nitrogen functional groups attached to an aromatic ring is 10. The molecule has 16 rings (SSSR count). The molecule has 112 heavy (non-hydrogen) atoms. The van der Waals surface area contributed by atoms with Crippen LogP contribution in [0, 0.1) is 35.5 Å². The molecule has 0 amide bonds. The molecular formula is C87H106N12O11P2. The largest absolute Gasteiger partial charge is 0.494 e. The van der Waals surface area contributed by atoms with Gasteiger partial charge in [0.2, 0.25) is 0 Å². The van der Waals surface area contributed by atoms with Gasteiger partial charge >= 0.3 is 23.9 Å². The van der Waals surface area contributed by atoms with Crippen LogP contribution in [0.4, 0.5) is 56.9 Å². The van der Waals surface area contributed by atoms with Crippen LogP contribution in [-0.4, -0.2) is 50.5 Å². The number of hydrogen-bond donors (Lipinski definition) is 12. The summed E-state index contributed by atoms with van der Waals surface area (Å²) in [6, 6.07) is 75.3. The van der Waals surface area contributed by atoms with E-state index in [9.17, 15) is 19.2 Å². The zero-order chi connectivity index (χ0) is 81.0. The van der Waals surface area contributed by atoms with Crippen molar-refractivity contribution >= 4 is 98.6 Å². The standard InChI is InChI=1S/C18H16N2O2.C17H22N2O2.C13H26N2.C13H14N2.C12H12N2O.C8H4O6.C6H8N2.H4P2/c19-13-4-8-15(9-5-13)21-17-2-1-3-18(12-17)22-16-10-6-14(20)7-11-16;18-14-4-8-16(9-5-14)20-12-2-1-3-13-21-17-10-6-15(19)7-11-17;2*14-12-5-1-10(2-6-12)9-11-3-7-13(15)8-4-11;13-9-1-5-11(6-2-9)15-12-7-3-10(14)4-8-12;9-5-1-2-4(8(12)13-5)3(1)7(11)14-6(2)10;7-5-1-2-6(8)4-3-5;1-2/h1-12H,19-20H2;4-11H,1-3,12-13,18-19H2;10-13H,1-9,14-15H2;1-8H,9,14-15H2;1-8H,13-14H2;1-4H;1-4H,7-8H2;1-2H2/i;;;;;;;1D. The molecule has 10 aromatic carbocycles. The Hall–Kier alpha value is -11.7. The third-order valence-corrected chi connectivity index (χ3v) is 18.9. The third-order valence-electron chi connectivity index (χ3n) is 18.9. The Morgan fingerprint density at radius 1 is 0.312 bits per heavy atom. The molecule has 0 aromatic heterocycles. The van der Waals surface area contributed by atoms with Gasteiger partial charge in [-0.3, -0.25) is 19.2 Å². The highest BCUT2D eigenvalue weighted by molar-refractivity contribution is 7.92. The molecule has 2 unspecified atom stereocenters. The van der Waals surface area contributed by atoms with Crippen LogP contribution < -0.4 is 92.5 Å². The molecule has 3 aliphatic carbocycles. The van der Waals surface area contributed by atoms with Crippen molar-refractivity contribution in [2.45, 2.75) is 95.6 Å². The summed E-state index contributed by atoms with van der Waals surface area (Å²) in [5.41, 5.74) is 77.5. The van der Waals surface area contributed by atoms with Gasteiger partial charge in [-0.2, -0.15) is 0 Å². The number of anilines is 10. The molecular weight excluding hydrogens is 1450 g/mol. The van der Waals surface area contributed by atoms with Crippen LogP contribution in [0.1, 0.15) is 88.2 Å². The van der Waals surface area contributed by atoms with E-state index in [0.29, 0.717) is 48.2 Å². The number of carbonyl (C=O) groups excluding carboxylic acids is 4. The van der Waals surface area contributed by atoms with Crippen LogP contribution in [0.5, 0.6) is 46.0 Å². The van der Waals surface area contributed by atoms with Gasteiger partial charge < -0.3 is 102 Å². The smallest absolute Gasteiger partial charge is 0.318 e. The highest BCUT2D eigenvalue weighted by atomic mass is 32.0. The molecule has 3 heterocycles. The van der Waals surface area contributed by atoms with Crippen LogP contribution in [0.2, 0.25) is 0 Å². The number of carbonyl (C=O) groups is 4. The Bertz CT molecular complexity index is 4080. The van der Waals surface area contributed by atoms with Crippen LogP contribution >= 0.6 is 17.8 Å². The van der Waals surface area contributed by atoms with Gasteiger partial charge in [-0.15, -0.1) is 17.8 Å². The summed E-state index contributed by atoms with van der Waals surface area (Å²) in [6.45, 7) is 1.43. The van der Waals surface area contributed by atoms with Gasteiger partial charge in [-0.05, 0) is 313 Å². The fourth-order valence-electron chi connectivity index (χ4n) is 12.8. The highest BCUT2D eigenvalue weighted by Crippen LogP contribution is 2.55. The summed E-state index contributed by atoms with van der Waals surface area (Å²) >= 11 is 0. The molecule has 3 saturated heterocycles. The van der Waals surface area contributed by atoms with Crippen LogP contribution in [0.25, 0.3) is 0 Å². The van der Waals surface area contributed by atoms with Gasteiger partial charge in [0.05, 0.1) is 38.2 Å². The topological polar surface area (TPSA) is 445 Å². The van der Waals surface area contributed by atoms with Crippen LogP contribution in [-0.2, 0) is 35.1 Å². The van der Waals surface area contributed by atoms with Crippen molar-refractivity contribution in [3.05, 3.63) is 254 Å². The number of cyclic esters (lactones) is 2. The van der Waals surface area contributed by atoms with E-state index in [0.717, 1.165) is 118 Å². The summed E-state index contributed by atoms with van der Waals surface area (Å²) in [5.74, 6) is 1.76. The second-order valence-corrected chi connectivity index (χ2v) is 27.7. The Labute approximate surface area is 661 Å². The summed E-state index contributed by atoms with van der Waals surface area (Å²) in [7, 11) is 2.52. The van der Waals surface area contributed by atoms with Crippen molar-refractivity contribution in [2.24, 2.45) is 47.0 Å². The van der Waals surface area contributed by atoms with E-state index in [1.165, 1.54) is 68.9 Å². The van der Waals surface area contributed by atoms with Crippen molar-refractivity contribution < 1.29 is 52.3 Å². The molecule has 23 nitrogen and oxygen atoms in total. The minimum atomic E-state index is -0.786. The lowest BCUT2D eigenvalue weighted by Gasteiger charge is -2.51. The number of hydrogen-bond acceptors (Lipinski definition) is 23. The SMILES string of the molecule is NC1CCC(CC2CCC(N)CC2)CC1.Nc1ccc(Cc2ccc(N)cc2)cc1.Nc1ccc(N)cc1.Nc1ccc(OCCCCCOc2ccc(N)cc2)cc1.Nc1ccc(Oc2ccc(N)cc2)cc1.Nc1ccc(Oc2cccc(Oc3ccc(N)cc3)c2)cc1.O=C1OC(=O)C2C3C(=O)OC(=O)C2C13.[2H]PP. The number of esters is 4. The van der Waals surface area contributed by atoms with E-state index in [2.05, 4.69) is 18.4 Å². The number of nitrogens with two attached hydrogens (primary N) is 12. The number of ether oxygens (including phenoxy) is 7. The highest BCUT2D eigenvalue weighted by Gasteiger charge is 2.72. The molecule has 0 spiro atoms. The van der Waals surface area contributed by atoms with Crippen molar-refractivity contribution in [3.8, 4) is 46.0 Å². The first kappa shape index (κ1) is 84.3. The molecule has 6 fully saturated rings. The van der Waals surface area contributed by atoms with Crippen molar-refractivity contribution in [3.63, 3.8) is 0 Å². The lowest BCUT2D eigenvalue weighted by atomic mass is 9.53. The monoisotopic (exact) mass is 1560 g/mol. The molecule has 3 saturated carbocycles. The van der Waals surface area contributed by atoms with Gasteiger partial charge in [0, 0.05) is 75.0 Å². The maximum atomic E-state index is 11.1. The van der Waals surface area contributed by atoms with Crippen molar-refractivity contribution in [2.75, 3.05) is 70.6 Å². The molecule has 4 bridgehead atoms. The quantitative estimate of drug-likeness (QED) is 0.0125. The first-order valence-corrected chi connectivity index (χ1v) is 39.5. The van der Waals surface area contributed by atoms with Crippen LogP contribution in [0.3, 0.4) is 0 Å². The first-order valence-electron chi connectivity index (χ1n) is 37.7. The van der Waals surface area contributed by atoms with Gasteiger partial charge in [0.15, 0.2) is 0 Å². The van der Waals surface area contributed by atoms with Gasteiger partial charge in [-0.1, -0.05) is 30.3 Å². The Balaban J connectivity index is 0.000000166. The normalized spacial score (nSPS) is 18.8.